The molecule has 116 valence electrons. The number of carbonyl (C=O) groups is 1. The monoisotopic (exact) mass is 322 g/mol. The van der Waals surface area contributed by atoms with Crippen LogP contribution < -0.4 is 5.32 Å². The summed E-state index contributed by atoms with van der Waals surface area (Å²) in [7, 11) is 0. The van der Waals surface area contributed by atoms with Crippen LogP contribution in [-0.4, -0.2) is 23.9 Å². The van der Waals surface area contributed by atoms with Gasteiger partial charge in [-0.2, -0.15) is 0 Å². The molecule has 1 amide bonds. The third-order valence-electron chi connectivity index (χ3n) is 4.32. The molecule has 0 bridgehead atoms. The summed E-state index contributed by atoms with van der Waals surface area (Å²) in [6.45, 7) is 2.23. The highest BCUT2D eigenvalue weighted by Gasteiger charge is 2.18. The second-order valence-corrected chi connectivity index (χ2v) is 6.90. The van der Waals surface area contributed by atoms with Crippen molar-refractivity contribution < 1.29 is 4.79 Å². The maximum atomic E-state index is 12.3. The molecule has 3 nitrogen and oxygen atoms in total. The van der Waals surface area contributed by atoms with E-state index in [1.807, 2.05) is 12.1 Å². The van der Waals surface area contributed by atoms with Crippen LogP contribution >= 0.6 is 11.3 Å². The summed E-state index contributed by atoms with van der Waals surface area (Å²) in [6, 6.07) is 16.7. The van der Waals surface area contributed by atoms with Crippen molar-refractivity contribution in [2.75, 3.05) is 18.4 Å². The molecule has 1 N–H and O–H groups in total. The number of benzene rings is 2. The first kappa shape index (κ1) is 14.4. The number of rotatable bonds is 3. The fourth-order valence-corrected chi connectivity index (χ4v) is 3.95. The summed E-state index contributed by atoms with van der Waals surface area (Å²) in [5.74, 6) is 0.0558. The highest BCUT2D eigenvalue weighted by Crippen LogP contribution is 2.24. The van der Waals surface area contributed by atoms with Crippen molar-refractivity contribution >= 4 is 33.0 Å². The first-order valence-electron chi connectivity index (χ1n) is 7.84. The third-order valence-corrected chi connectivity index (χ3v) is 5.20. The average Bonchev–Trinajstić information content (AvgIpc) is 3.02. The number of amides is 1. The van der Waals surface area contributed by atoms with Crippen molar-refractivity contribution in [2.24, 2.45) is 0 Å². The van der Waals surface area contributed by atoms with Gasteiger partial charge in [-0.3, -0.25) is 9.69 Å². The Balaban J connectivity index is 1.40. The zero-order valence-corrected chi connectivity index (χ0v) is 13.6. The smallest absolute Gasteiger partial charge is 0.238 e. The van der Waals surface area contributed by atoms with Gasteiger partial charge in [-0.25, -0.2) is 0 Å². The van der Waals surface area contributed by atoms with E-state index in [2.05, 4.69) is 52.0 Å². The Morgan fingerprint density at radius 2 is 2.00 bits per heavy atom. The largest absolute Gasteiger partial charge is 0.325 e. The van der Waals surface area contributed by atoms with Crippen LogP contribution in [0.25, 0.3) is 10.1 Å². The molecule has 3 aromatic rings. The highest BCUT2D eigenvalue weighted by atomic mass is 32.1. The minimum Gasteiger partial charge on any atom is -0.325 e. The fourth-order valence-electron chi connectivity index (χ4n) is 3.13. The van der Waals surface area contributed by atoms with Crippen molar-refractivity contribution in [3.8, 4) is 0 Å². The Labute approximate surface area is 139 Å². The Morgan fingerprint density at radius 3 is 2.91 bits per heavy atom. The van der Waals surface area contributed by atoms with Gasteiger partial charge in [0.05, 0.1) is 6.54 Å². The molecule has 1 aliphatic rings. The Hall–Kier alpha value is -2.17. The summed E-state index contributed by atoms with van der Waals surface area (Å²) in [5.41, 5.74) is 3.63. The van der Waals surface area contributed by atoms with E-state index < -0.39 is 0 Å². The lowest BCUT2D eigenvalue weighted by Gasteiger charge is -2.28. The lowest BCUT2D eigenvalue weighted by atomic mass is 10.00. The molecule has 4 heteroatoms. The van der Waals surface area contributed by atoms with Crippen LogP contribution in [0.5, 0.6) is 0 Å². The van der Waals surface area contributed by atoms with Gasteiger partial charge in [0.15, 0.2) is 0 Å². The molecule has 0 atom stereocenters. The number of fused-ring (bicyclic) bond motifs is 2. The average molecular weight is 322 g/mol. The zero-order valence-electron chi connectivity index (χ0n) is 12.8. The highest BCUT2D eigenvalue weighted by molar-refractivity contribution is 7.17. The third kappa shape index (κ3) is 3.14. The number of thiophene rings is 1. The molecule has 2 heterocycles. The van der Waals surface area contributed by atoms with Crippen LogP contribution in [0.2, 0.25) is 0 Å². The lowest BCUT2D eigenvalue weighted by molar-refractivity contribution is -0.117. The normalized spacial score (nSPS) is 14.6. The first-order valence-corrected chi connectivity index (χ1v) is 8.72. The summed E-state index contributed by atoms with van der Waals surface area (Å²) in [5, 5.41) is 6.31. The van der Waals surface area contributed by atoms with E-state index in [1.54, 1.807) is 11.3 Å². The van der Waals surface area contributed by atoms with Gasteiger partial charge in [0.25, 0.3) is 0 Å². The number of hydrogen-bond donors (Lipinski definition) is 1. The predicted molar refractivity (Wildman–Crippen MR) is 95.9 cm³/mol. The van der Waals surface area contributed by atoms with Crippen LogP contribution in [-0.2, 0) is 17.8 Å². The summed E-state index contributed by atoms with van der Waals surface area (Å²) < 4.78 is 1.20. The number of carbonyl (C=O) groups excluding carboxylic acids is 1. The maximum absolute atomic E-state index is 12.3. The number of nitrogens with zero attached hydrogens (tertiary/aromatic N) is 1. The maximum Gasteiger partial charge on any atom is 0.238 e. The van der Waals surface area contributed by atoms with Crippen LogP contribution in [0.1, 0.15) is 11.1 Å². The van der Waals surface area contributed by atoms with E-state index in [4.69, 9.17) is 0 Å². The Morgan fingerprint density at radius 1 is 1.13 bits per heavy atom. The van der Waals surface area contributed by atoms with Crippen molar-refractivity contribution in [3.63, 3.8) is 0 Å². The van der Waals surface area contributed by atoms with Crippen LogP contribution in [0, 0.1) is 0 Å². The minimum absolute atomic E-state index is 0.0558. The van der Waals surface area contributed by atoms with Gasteiger partial charge >= 0.3 is 0 Å². The molecule has 2 aromatic carbocycles. The molecule has 23 heavy (non-hydrogen) atoms. The summed E-state index contributed by atoms with van der Waals surface area (Å²) >= 11 is 1.69. The van der Waals surface area contributed by atoms with Gasteiger partial charge in [-0.15, -0.1) is 11.3 Å². The molecule has 4 rings (SSSR count). The molecule has 0 unspecified atom stereocenters. The molecule has 0 aliphatic carbocycles. The van der Waals surface area contributed by atoms with E-state index in [9.17, 15) is 4.79 Å². The molecule has 0 spiro atoms. The van der Waals surface area contributed by atoms with Gasteiger partial charge in [-0.1, -0.05) is 30.3 Å². The van der Waals surface area contributed by atoms with E-state index in [1.165, 1.54) is 21.2 Å². The predicted octanol–water partition coefficient (Wildman–Crippen LogP) is 3.90. The number of nitrogens with one attached hydrogen (secondary N) is 1. The van der Waals surface area contributed by atoms with Crippen molar-refractivity contribution in [1.82, 2.24) is 4.90 Å². The quantitative estimate of drug-likeness (QED) is 0.793. The molecule has 0 saturated carbocycles. The number of anilines is 1. The Kier molecular flexibility index (Phi) is 3.85. The minimum atomic E-state index is 0.0558. The molecule has 0 radical (unpaired) electrons. The second-order valence-electron chi connectivity index (χ2n) is 5.95. The van der Waals surface area contributed by atoms with Gasteiger partial charge in [0.2, 0.25) is 5.91 Å². The van der Waals surface area contributed by atoms with Gasteiger partial charge in [0, 0.05) is 23.5 Å². The molecular formula is C19H18N2OS. The van der Waals surface area contributed by atoms with Crippen molar-refractivity contribution in [3.05, 3.63) is 65.0 Å². The van der Waals surface area contributed by atoms with Gasteiger partial charge in [0.1, 0.15) is 0 Å². The zero-order chi connectivity index (χ0) is 15.6. The fraction of sp³-hybridized carbons (Fsp3) is 0.211. The molecule has 0 saturated heterocycles. The Bertz CT molecular complexity index is 855. The second kappa shape index (κ2) is 6.14. The SMILES string of the molecule is O=C(CN1CCc2ccccc2C1)Nc1ccc2ccsc2c1. The van der Waals surface area contributed by atoms with Crippen molar-refractivity contribution in [1.29, 1.82) is 0 Å². The summed E-state index contributed by atoms with van der Waals surface area (Å²) in [6.07, 6.45) is 1.02. The van der Waals surface area contributed by atoms with Crippen LogP contribution in [0.4, 0.5) is 5.69 Å². The van der Waals surface area contributed by atoms with E-state index >= 15 is 0 Å². The van der Waals surface area contributed by atoms with Crippen LogP contribution in [0.3, 0.4) is 0 Å². The van der Waals surface area contributed by atoms with Gasteiger partial charge < -0.3 is 5.32 Å². The standard InChI is InChI=1S/C19H18N2OS/c22-19(20-17-6-5-15-8-10-23-18(15)11-17)13-21-9-7-14-3-1-2-4-16(14)12-21/h1-6,8,10-11H,7,9,12-13H2,(H,20,22). The number of hydrogen-bond acceptors (Lipinski definition) is 3. The van der Waals surface area contributed by atoms with Gasteiger partial charge in [-0.05, 0) is 46.5 Å². The first-order chi connectivity index (χ1) is 11.3. The lowest BCUT2D eigenvalue weighted by Crippen LogP contribution is -2.37. The van der Waals surface area contributed by atoms with Crippen molar-refractivity contribution in [2.45, 2.75) is 13.0 Å². The van der Waals surface area contributed by atoms with E-state index in [0.717, 1.165) is 25.2 Å². The molecular weight excluding hydrogens is 304 g/mol. The van der Waals surface area contributed by atoms with E-state index in [0.29, 0.717) is 6.54 Å². The molecule has 1 aromatic heterocycles. The summed E-state index contributed by atoms with van der Waals surface area (Å²) in [4.78, 5) is 14.5. The molecule has 1 aliphatic heterocycles. The van der Waals surface area contributed by atoms with Crippen LogP contribution in [0.15, 0.2) is 53.9 Å². The molecule has 0 fully saturated rings. The van der Waals surface area contributed by atoms with E-state index in [-0.39, 0.29) is 5.91 Å². The topological polar surface area (TPSA) is 32.3 Å².